The summed E-state index contributed by atoms with van der Waals surface area (Å²) in [5.74, 6) is -0.165. The Morgan fingerprint density at radius 1 is 1.43 bits per heavy atom. The number of nitrogens with zero attached hydrogens (tertiary/aromatic N) is 1. The van der Waals surface area contributed by atoms with Gasteiger partial charge in [-0.05, 0) is 24.0 Å². The van der Waals surface area contributed by atoms with Gasteiger partial charge in [0.15, 0.2) is 0 Å². The van der Waals surface area contributed by atoms with Gasteiger partial charge < -0.3 is 0 Å². The first-order valence-electron chi connectivity index (χ1n) is 4.16. The predicted octanol–water partition coefficient (Wildman–Crippen LogP) is 1.88. The van der Waals surface area contributed by atoms with E-state index < -0.39 is 0 Å². The lowest BCUT2D eigenvalue weighted by Crippen LogP contribution is -2.12. The lowest BCUT2D eigenvalue weighted by Gasteiger charge is -1.96. The minimum atomic E-state index is -0.165. The third kappa shape index (κ3) is 3.62. The number of carbonyl (C=O) groups is 1. The molecule has 4 heteroatoms. The van der Waals surface area contributed by atoms with Crippen LogP contribution in [0.25, 0.3) is 0 Å². The second-order valence-corrected chi connectivity index (χ2v) is 3.58. The number of hydrogen-bond acceptors (Lipinski definition) is 3. The fourth-order valence-electron chi connectivity index (χ4n) is 0.888. The van der Waals surface area contributed by atoms with Crippen LogP contribution in [0.1, 0.15) is 12.5 Å². The van der Waals surface area contributed by atoms with E-state index in [0.29, 0.717) is 0 Å². The van der Waals surface area contributed by atoms with Crippen molar-refractivity contribution in [1.82, 2.24) is 5.43 Å². The van der Waals surface area contributed by atoms with E-state index in [9.17, 15) is 4.79 Å². The van der Waals surface area contributed by atoms with Crippen molar-refractivity contribution in [3.63, 3.8) is 0 Å². The van der Waals surface area contributed by atoms with Gasteiger partial charge in [-0.25, -0.2) is 5.43 Å². The zero-order valence-electron chi connectivity index (χ0n) is 8.15. The molecule has 0 radical (unpaired) electrons. The van der Waals surface area contributed by atoms with Crippen LogP contribution >= 0.6 is 11.8 Å². The topological polar surface area (TPSA) is 41.5 Å². The molecule has 74 valence electrons. The molecule has 0 unspecified atom stereocenters. The Morgan fingerprint density at radius 3 is 2.57 bits per heavy atom. The van der Waals surface area contributed by atoms with Crippen molar-refractivity contribution in [3.05, 3.63) is 29.8 Å². The van der Waals surface area contributed by atoms with E-state index in [1.165, 1.54) is 11.8 Å². The normalized spacial score (nSPS) is 10.4. The van der Waals surface area contributed by atoms with Crippen LogP contribution in [0, 0.1) is 0 Å². The molecule has 1 rings (SSSR count). The summed E-state index contributed by atoms with van der Waals surface area (Å²) in [6.07, 6.45) is 3.64. The summed E-state index contributed by atoms with van der Waals surface area (Å²) in [6, 6.07) is 7.94. The number of nitrogens with one attached hydrogen (secondary N) is 1. The smallest absolute Gasteiger partial charge is 0.236 e. The van der Waals surface area contributed by atoms with Crippen LogP contribution in [-0.2, 0) is 4.79 Å². The highest BCUT2D eigenvalue weighted by Gasteiger charge is 1.90. The van der Waals surface area contributed by atoms with E-state index >= 15 is 0 Å². The molecule has 0 aromatic heterocycles. The molecule has 1 amide bonds. The van der Waals surface area contributed by atoms with Crippen molar-refractivity contribution in [2.45, 2.75) is 11.8 Å². The van der Waals surface area contributed by atoms with Gasteiger partial charge in [0.25, 0.3) is 0 Å². The molecular formula is C10H12N2OS. The Hall–Kier alpha value is -1.29. The average Bonchev–Trinajstić information content (AvgIpc) is 2.18. The molecule has 1 aromatic rings. The van der Waals surface area contributed by atoms with Crippen LogP contribution in [0.5, 0.6) is 0 Å². The van der Waals surface area contributed by atoms with Crippen LogP contribution in [0.15, 0.2) is 34.3 Å². The number of hydrazone groups is 1. The molecule has 0 aliphatic carbocycles. The van der Waals surface area contributed by atoms with Gasteiger partial charge in [-0.3, -0.25) is 4.79 Å². The molecule has 0 saturated heterocycles. The van der Waals surface area contributed by atoms with Gasteiger partial charge >= 0.3 is 0 Å². The molecule has 0 spiro atoms. The number of benzene rings is 1. The van der Waals surface area contributed by atoms with Gasteiger partial charge in [0.05, 0.1) is 6.21 Å². The van der Waals surface area contributed by atoms with Gasteiger partial charge in [0, 0.05) is 11.8 Å². The van der Waals surface area contributed by atoms with E-state index in [1.54, 1.807) is 18.0 Å². The predicted molar refractivity (Wildman–Crippen MR) is 59.6 cm³/mol. The first-order valence-corrected chi connectivity index (χ1v) is 5.38. The van der Waals surface area contributed by atoms with Crippen molar-refractivity contribution in [3.8, 4) is 0 Å². The van der Waals surface area contributed by atoms with Crippen molar-refractivity contribution in [2.75, 3.05) is 6.26 Å². The van der Waals surface area contributed by atoms with Gasteiger partial charge in [-0.15, -0.1) is 11.8 Å². The van der Waals surface area contributed by atoms with E-state index in [1.807, 2.05) is 30.5 Å². The summed E-state index contributed by atoms with van der Waals surface area (Å²) in [5.41, 5.74) is 3.32. The molecule has 0 saturated carbocycles. The molecule has 1 N–H and O–H groups in total. The van der Waals surface area contributed by atoms with Crippen LogP contribution < -0.4 is 5.43 Å². The molecule has 0 heterocycles. The van der Waals surface area contributed by atoms with Crippen molar-refractivity contribution in [2.24, 2.45) is 5.10 Å². The fourth-order valence-corrected chi connectivity index (χ4v) is 1.30. The molecule has 0 atom stereocenters. The monoisotopic (exact) mass is 208 g/mol. The molecule has 0 aliphatic heterocycles. The Kier molecular flexibility index (Phi) is 4.19. The maximum atomic E-state index is 10.5. The third-order valence-corrected chi connectivity index (χ3v) is 2.29. The highest BCUT2D eigenvalue weighted by Crippen LogP contribution is 2.13. The highest BCUT2D eigenvalue weighted by molar-refractivity contribution is 7.98. The maximum absolute atomic E-state index is 10.5. The summed E-state index contributed by atoms with van der Waals surface area (Å²) >= 11 is 1.69. The van der Waals surface area contributed by atoms with Crippen LogP contribution in [0.3, 0.4) is 0 Å². The lowest BCUT2D eigenvalue weighted by atomic mass is 10.2. The molecule has 0 aliphatic rings. The summed E-state index contributed by atoms with van der Waals surface area (Å²) in [4.78, 5) is 11.7. The van der Waals surface area contributed by atoms with Gasteiger partial charge in [0.2, 0.25) is 5.91 Å². The zero-order valence-corrected chi connectivity index (χ0v) is 8.97. The minimum absolute atomic E-state index is 0.165. The molecule has 14 heavy (non-hydrogen) atoms. The SMILES string of the molecule is CSc1ccc(/C=N\NC(C)=O)cc1. The number of carbonyl (C=O) groups excluding carboxylic acids is 1. The van der Waals surface area contributed by atoms with E-state index in [0.717, 1.165) is 5.56 Å². The number of amides is 1. The molecule has 0 bridgehead atoms. The Labute approximate surface area is 87.6 Å². The molecule has 3 nitrogen and oxygen atoms in total. The van der Waals surface area contributed by atoms with Crippen molar-refractivity contribution >= 4 is 23.9 Å². The molecular weight excluding hydrogens is 196 g/mol. The minimum Gasteiger partial charge on any atom is -0.274 e. The van der Waals surface area contributed by atoms with E-state index in [-0.39, 0.29) is 5.91 Å². The number of rotatable bonds is 3. The van der Waals surface area contributed by atoms with Crippen molar-refractivity contribution < 1.29 is 4.79 Å². The highest BCUT2D eigenvalue weighted by atomic mass is 32.2. The standard InChI is InChI=1S/C10H12N2OS/c1-8(13)12-11-7-9-3-5-10(14-2)6-4-9/h3-7H,1-2H3,(H,12,13)/b11-7-. The zero-order chi connectivity index (χ0) is 10.4. The maximum Gasteiger partial charge on any atom is 0.236 e. The second-order valence-electron chi connectivity index (χ2n) is 2.70. The number of thioether (sulfide) groups is 1. The molecule has 0 fully saturated rings. The summed E-state index contributed by atoms with van der Waals surface area (Å²) in [5, 5.41) is 3.77. The van der Waals surface area contributed by atoms with Crippen molar-refractivity contribution in [1.29, 1.82) is 0 Å². The fraction of sp³-hybridized carbons (Fsp3) is 0.200. The number of hydrogen-bond donors (Lipinski definition) is 1. The largest absolute Gasteiger partial charge is 0.274 e. The first-order chi connectivity index (χ1) is 6.72. The van der Waals surface area contributed by atoms with Crippen LogP contribution in [0.2, 0.25) is 0 Å². The second kappa shape index (κ2) is 5.44. The first kappa shape index (κ1) is 10.8. The Bertz CT molecular complexity index is 332. The Balaban J connectivity index is 2.59. The van der Waals surface area contributed by atoms with E-state index in [4.69, 9.17) is 0 Å². The lowest BCUT2D eigenvalue weighted by molar-refractivity contribution is -0.118. The van der Waals surface area contributed by atoms with Gasteiger partial charge in [-0.2, -0.15) is 5.10 Å². The van der Waals surface area contributed by atoms with Crippen LogP contribution in [0.4, 0.5) is 0 Å². The quantitative estimate of drug-likeness (QED) is 0.468. The van der Waals surface area contributed by atoms with Gasteiger partial charge in [0.1, 0.15) is 0 Å². The third-order valence-electron chi connectivity index (χ3n) is 1.55. The average molecular weight is 208 g/mol. The summed E-state index contributed by atoms with van der Waals surface area (Å²) in [6.45, 7) is 1.42. The summed E-state index contributed by atoms with van der Waals surface area (Å²) < 4.78 is 0. The van der Waals surface area contributed by atoms with E-state index in [2.05, 4.69) is 10.5 Å². The molecule has 1 aromatic carbocycles. The van der Waals surface area contributed by atoms with Crippen LogP contribution in [-0.4, -0.2) is 18.4 Å². The Morgan fingerprint density at radius 2 is 2.07 bits per heavy atom. The summed E-state index contributed by atoms with van der Waals surface area (Å²) in [7, 11) is 0. The van der Waals surface area contributed by atoms with Gasteiger partial charge in [-0.1, -0.05) is 12.1 Å².